The zero-order valence-electron chi connectivity index (χ0n) is 11.8. The van der Waals surface area contributed by atoms with Gasteiger partial charge in [0.05, 0.1) is 11.4 Å². The summed E-state index contributed by atoms with van der Waals surface area (Å²) in [5.41, 5.74) is 9.97. The third kappa shape index (κ3) is 3.19. The SMILES string of the molecule is CCCCCN(C)c1cc2c(cc1N)NC(=O)CC2. The average molecular weight is 261 g/mol. The Kier molecular flexibility index (Phi) is 4.30. The van der Waals surface area contributed by atoms with Crippen molar-refractivity contribution >= 4 is 23.0 Å². The van der Waals surface area contributed by atoms with Crippen LogP contribution in [-0.4, -0.2) is 19.5 Å². The van der Waals surface area contributed by atoms with E-state index < -0.39 is 0 Å². The van der Waals surface area contributed by atoms with Crippen LogP contribution in [0.5, 0.6) is 0 Å². The predicted molar refractivity (Wildman–Crippen MR) is 80.6 cm³/mol. The first-order chi connectivity index (χ1) is 9.11. The molecule has 0 atom stereocenters. The lowest BCUT2D eigenvalue weighted by atomic mass is 10.0. The number of nitrogens with two attached hydrogens (primary N) is 1. The van der Waals surface area contributed by atoms with E-state index in [1.54, 1.807) is 0 Å². The summed E-state index contributed by atoms with van der Waals surface area (Å²) in [6.45, 7) is 3.22. The number of amides is 1. The number of rotatable bonds is 5. The second kappa shape index (κ2) is 5.95. The molecule has 4 heteroatoms. The topological polar surface area (TPSA) is 58.4 Å². The van der Waals surface area contributed by atoms with Crippen LogP contribution in [0.1, 0.15) is 38.2 Å². The van der Waals surface area contributed by atoms with Crippen molar-refractivity contribution in [3.63, 3.8) is 0 Å². The maximum Gasteiger partial charge on any atom is 0.224 e. The van der Waals surface area contributed by atoms with Gasteiger partial charge in [-0.3, -0.25) is 4.79 Å². The molecule has 0 fully saturated rings. The Hall–Kier alpha value is -1.71. The van der Waals surface area contributed by atoms with Gasteiger partial charge in [-0.2, -0.15) is 0 Å². The number of hydrogen-bond acceptors (Lipinski definition) is 3. The summed E-state index contributed by atoms with van der Waals surface area (Å²) in [6, 6.07) is 4.01. The fourth-order valence-electron chi connectivity index (χ4n) is 2.48. The number of carbonyl (C=O) groups is 1. The molecular weight excluding hydrogens is 238 g/mol. The molecule has 0 bridgehead atoms. The van der Waals surface area contributed by atoms with Crippen LogP contribution in [-0.2, 0) is 11.2 Å². The van der Waals surface area contributed by atoms with Gasteiger partial charge in [-0.25, -0.2) is 0 Å². The van der Waals surface area contributed by atoms with Crippen molar-refractivity contribution < 1.29 is 4.79 Å². The van der Waals surface area contributed by atoms with Gasteiger partial charge in [0.1, 0.15) is 0 Å². The molecule has 3 N–H and O–H groups in total. The van der Waals surface area contributed by atoms with Gasteiger partial charge >= 0.3 is 0 Å². The summed E-state index contributed by atoms with van der Waals surface area (Å²) in [5.74, 6) is 0.0796. The number of nitrogens with one attached hydrogen (secondary N) is 1. The highest BCUT2D eigenvalue weighted by Gasteiger charge is 2.17. The number of carbonyl (C=O) groups excluding carboxylic acids is 1. The van der Waals surface area contributed by atoms with E-state index >= 15 is 0 Å². The minimum absolute atomic E-state index is 0.0796. The van der Waals surface area contributed by atoms with Crippen LogP contribution in [0, 0.1) is 0 Å². The van der Waals surface area contributed by atoms with Gasteiger partial charge in [0, 0.05) is 25.7 Å². The van der Waals surface area contributed by atoms with Crippen molar-refractivity contribution in [3.8, 4) is 0 Å². The highest BCUT2D eigenvalue weighted by molar-refractivity contribution is 5.95. The molecule has 1 amide bonds. The van der Waals surface area contributed by atoms with E-state index in [-0.39, 0.29) is 5.91 Å². The fourth-order valence-corrected chi connectivity index (χ4v) is 2.48. The van der Waals surface area contributed by atoms with Crippen molar-refractivity contribution in [2.75, 3.05) is 29.5 Å². The van der Waals surface area contributed by atoms with Gasteiger partial charge < -0.3 is 16.0 Å². The van der Waals surface area contributed by atoms with Gasteiger partial charge in [-0.1, -0.05) is 19.8 Å². The molecule has 0 saturated heterocycles. The van der Waals surface area contributed by atoms with E-state index in [9.17, 15) is 4.79 Å². The van der Waals surface area contributed by atoms with E-state index in [0.29, 0.717) is 6.42 Å². The van der Waals surface area contributed by atoms with Crippen LogP contribution in [0.15, 0.2) is 12.1 Å². The number of aryl methyl sites for hydroxylation is 1. The zero-order chi connectivity index (χ0) is 13.8. The van der Waals surface area contributed by atoms with Crippen molar-refractivity contribution in [2.45, 2.75) is 39.0 Å². The molecule has 1 aliphatic rings. The van der Waals surface area contributed by atoms with E-state index in [1.165, 1.54) is 24.8 Å². The molecule has 104 valence electrons. The molecule has 1 aliphatic heterocycles. The lowest BCUT2D eigenvalue weighted by molar-refractivity contribution is -0.116. The van der Waals surface area contributed by atoms with Gasteiger partial charge in [0.25, 0.3) is 0 Å². The Labute approximate surface area is 115 Å². The molecule has 0 aliphatic carbocycles. The summed E-state index contributed by atoms with van der Waals surface area (Å²) in [6.07, 6.45) is 5.01. The Morgan fingerprint density at radius 1 is 1.32 bits per heavy atom. The molecule has 0 spiro atoms. The third-order valence-corrected chi connectivity index (χ3v) is 3.66. The van der Waals surface area contributed by atoms with Crippen LogP contribution in [0.25, 0.3) is 0 Å². The molecule has 0 saturated carbocycles. The number of benzene rings is 1. The smallest absolute Gasteiger partial charge is 0.224 e. The van der Waals surface area contributed by atoms with Gasteiger partial charge in [-0.15, -0.1) is 0 Å². The number of nitrogens with zero attached hydrogens (tertiary/aromatic N) is 1. The second-order valence-corrected chi connectivity index (χ2v) is 5.25. The quantitative estimate of drug-likeness (QED) is 0.633. The largest absolute Gasteiger partial charge is 0.397 e. The number of fused-ring (bicyclic) bond motifs is 1. The lowest BCUT2D eigenvalue weighted by Gasteiger charge is -2.25. The summed E-state index contributed by atoms with van der Waals surface area (Å²) < 4.78 is 0. The van der Waals surface area contributed by atoms with Crippen molar-refractivity contribution in [3.05, 3.63) is 17.7 Å². The second-order valence-electron chi connectivity index (χ2n) is 5.25. The van der Waals surface area contributed by atoms with Crippen LogP contribution in [0.4, 0.5) is 17.1 Å². The highest BCUT2D eigenvalue weighted by Crippen LogP contribution is 2.32. The van der Waals surface area contributed by atoms with E-state index in [4.69, 9.17) is 5.73 Å². The molecule has 4 nitrogen and oxygen atoms in total. The number of nitrogen functional groups attached to an aromatic ring is 1. The monoisotopic (exact) mass is 261 g/mol. The molecule has 0 unspecified atom stereocenters. The van der Waals surface area contributed by atoms with Crippen LogP contribution in [0.2, 0.25) is 0 Å². The normalized spacial score (nSPS) is 13.9. The summed E-state index contributed by atoms with van der Waals surface area (Å²) in [5, 5.41) is 2.88. The van der Waals surface area contributed by atoms with Crippen molar-refractivity contribution in [1.82, 2.24) is 0 Å². The number of hydrogen-bond donors (Lipinski definition) is 2. The lowest BCUT2D eigenvalue weighted by Crippen LogP contribution is -2.23. The standard InChI is InChI=1S/C15H23N3O/c1-3-4-5-8-18(2)14-9-11-6-7-15(19)17-13(11)10-12(14)16/h9-10H,3-8,16H2,1-2H3,(H,17,19). The van der Waals surface area contributed by atoms with Crippen molar-refractivity contribution in [2.24, 2.45) is 0 Å². The van der Waals surface area contributed by atoms with Crippen LogP contribution >= 0.6 is 0 Å². The Balaban J connectivity index is 2.15. The Morgan fingerprint density at radius 3 is 2.84 bits per heavy atom. The molecule has 1 aromatic rings. The summed E-state index contributed by atoms with van der Waals surface area (Å²) >= 11 is 0. The van der Waals surface area contributed by atoms with E-state index in [2.05, 4.69) is 30.3 Å². The molecule has 1 heterocycles. The van der Waals surface area contributed by atoms with Gasteiger partial charge in [0.15, 0.2) is 0 Å². The van der Waals surface area contributed by atoms with Crippen LogP contribution in [0.3, 0.4) is 0 Å². The highest BCUT2D eigenvalue weighted by atomic mass is 16.1. The molecule has 2 rings (SSSR count). The van der Waals surface area contributed by atoms with E-state index in [0.717, 1.165) is 30.0 Å². The Morgan fingerprint density at radius 2 is 2.11 bits per heavy atom. The molecule has 1 aromatic carbocycles. The molecule has 0 aromatic heterocycles. The molecular formula is C15H23N3O. The first-order valence-corrected chi connectivity index (χ1v) is 7.05. The first kappa shape index (κ1) is 13.7. The predicted octanol–water partition coefficient (Wildman–Crippen LogP) is 2.78. The summed E-state index contributed by atoms with van der Waals surface area (Å²) in [4.78, 5) is 13.6. The zero-order valence-corrected chi connectivity index (χ0v) is 11.8. The number of unbranched alkanes of at least 4 members (excludes halogenated alkanes) is 2. The van der Waals surface area contributed by atoms with Gasteiger partial charge in [0.2, 0.25) is 5.91 Å². The minimum Gasteiger partial charge on any atom is -0.397 e. The minimum atomic E-state index is 0.0796. The first-order valence-electron chi connectivity index (χ1n) is 7.05. The average Bonchev–Trinajstić information content (AvgIpc) is 2.38. The maximum absolute atomic E-state index is 11.4. The molecule has 19 heavy (non-hydrogen) atoms. The fraction of sp³-hybridized carbons (Fsp3) is 0.533. The van der Waals surface area contributed by atoms with Gasteiger partial charge in [-0.05, 0) is 30.5 Å². The summed E-state index contributed by atoms with van der Waals surface area (Å²) in [7, 11) is 2.08. The molecule has 0 radical (unpaired) electrons. The third-order valence-electron chi connectivity index (χ3n) is 3.66. The maximum atomic E-state index is 11.4. The van der Waals surface area contributed by atoms with E-state index in [1.807, 2.05) is 6.07 Å². The van der Waals surface area contributed by atoms with Crippen LogP contribution < -0.4 is 16.0 Å². The Bertz CT molecular complexity index is 471. The van der Waals surface area contributed by atoms with Crippen molar-refractivity contribution in [1.29, 1.82) is 0 Å². The number of anilines is 3.